The van der Waals surface area contributed by atoms with E-state index < -0.39 is 0 Å². The van der Waals surface area contributed by atoms with Gasteiger partial charge in [-0.2, -0.15) is 0 Å². The number of rotatable bonds is 6. The van der Waals surface area contributed by atoms with E-state index >= 15 is 0 Å². The van der Waals surface area contributed by atoms with Crippen LogP contribution in [0, 0.1) is 18.7 Å². The van der Waals surface area contributed by atoms with Crippen LogP contribution >= 0.6 is 0 Å². The molecule has 2 heterocycles. The maximum Gasteiger partial charge on any atom is 0.252 e. The number of nitrogens with two attached hydrogens (primary N) is 1. The van der Waals surface area contributed by atoms with E-state index in [2.05, 4.69) is 24.4 Å². The lowest BCUT2D eigenvalue weighted by Crippen LogP contribution is -2.36. The number of ether oxygens (including phenoxy) is 1. The van der Waals surface area contributed by atoms with E-state index in [1.54, 1.807) is 29.0 Å². The fourth-order valence-corrected chi connectivity index (χ4v) is 5.00. The van der Waals surface area contributed by atoms with Gasteiger partial charge in [-0.1, -0.05) is 49.7 Å². The second kappa shape index (κ2) is 15.4. The van der Waals surface area contributed by atoms with Gasteiger partial charge < -0.3 is 20.4 Å². The number of benzene rings is 2. The Kier molecular flexibility index (Phi) is 11.9. The monoisotopic (exact) mass is 549 g/mol. The van der Waals surface area contributed by atoms with Crippen molar-refractivity contribution in [3.8, 4) is 5.75 Å². The summed E-state index contributed by atoms with van der Waals surface area (Å²) in [7, 11) is 0. The summed E-state index contributed by atoms with van der Waals surface area (Å²) in [5, 5.41) is 2.77. The summed E-state index contributed by atoms with van der Waals surface area (Å²) >= 11 is 0. The molecule has 0 radical (unpaired) electrons. The predicted octanol–water partition coefficient (Wildman–Crippen LogP) is 6.04. The van der Waals surface area contributed by atoms with Gasteiger partial charge in [0.25, 0.3) is 11.5 Å². The van der Waals surface area contributed by atoms with Gasteiger partial charge in [0.05, 0.1) is 5.56 Å². The molecule has 3 aromatic rings. The number of hydrogen-bond acceptors (Lipinski definition) is 4. The molecule has 6 nitrogen and oxygen atoms in total. The smallest absolute Gasteiger partial charge is 0.252 e. The molecule has 1 amide bonds. The summed E-state index contributed by atoms with van der Waals surface area (Å²) in [5.41, 5.74) is 8.23. The zero-order valence-corrected chi connectivity index (χ0v) is 24.1. The fourth-order valence-electron chi connectivity index (χ4n) is 5.00. The lowest BCUT2D eigenvalue weighted by molar-refractivity contribution is 0.0531. The number of aryl methyl sites for hydroxylation is 2. The highest BCUT2D eigenvalue weighted by molar-refractivity contribution is 5.93. The Balaban J connectivity index is 0.000000180. The number of fused-ring (bicyclic) bond motifs is 1. The van der Waals surface area contributed by atoms with Crippen LogP contribution < -0.4 is 21.3 Å². The molecule has 0 unspecified atom stereocenters. The number of nitrogens with zero attached hydrogens (tertiary/aromatic N) is 1. The maximum atomic E-state index is 13.0. The molecule has 7 heteroatoms. The number of amides is 1. The zero-order valence-electron chi connectivity index (χ0n) is 24.1. The van der Waals surface area contributed by atoms with Crippen LogP contribution in [0.25, 0.3) is 0 Å². The van der Waals surface area contributed by atoms with Crippen molar-refractivity contribution in [2.45, 2.75) is 77.9 Å². The van der Waals surface area contributed by atoms with Crippen molar-refractivity contribution in [1.82, 2.24) is 9.88 Å². The van der Waals surface area contributed by atoms with E-state index in [4.69, 9.17) is 10.5 Å². The number of hydrogen-bond donors (Lipinski definition) is 2. The molecule has 0 saturated heterocycles. The molecule has 216 valence electrons. The second-order valence-corrected chi connectivity index (χ2v) is 11.1. The first kappa shape index (κ1) is 31.1. The summed E-state index contributed by atoms with van der Waals surface area (Å²) in [6.07, 6.45) is 9.27. The van der Waals surface area contributed by atoms with Gasteiger partial charge in [0.15, 0.2) is 0 Å². The summed E-state index contributed by atoms with van der Waals surface area (Å²) in [6, 6.07) is 18.1. The number of aromatic nitrogens is 1. The van der Waals surface area contributed by atoms with Crippen LogP contribution in [0.3, 0.4) is 0 Å². The quantitative estimate of drug-likeness (QED) is 0.367. The van der Waals surface area contributed by atoms with Gasteiger partial charge in [-0.05, 0) is 94.2 Å². The summed E-state index contributed by atoms with van der Waals surface area (Å²) in [5.74, 6) is 0.948. The third kappa shape index (κ3) is 9.63. The number of halogens is 1. The third-order valence-corrected chi connectivity index (χ3v) is 7.13. The van der Waals surface area contributed by atoms with Gasteiger partial charge in [0.2, 0.25) is 0 Å². The average Bonchev–Trinajstić information content (AvgIpc) is 3.39. The van der Waals surface area contributed by atoms with Crippen LogP contribution in [0.15, 0.2) is 71.7 Å². The molecule has 5 rings (SSSR count). The second-order valence-electron chi connectivity index (χ2n) is 11.1. The minimum Gasteiger partial charge on any atom is -0.487 e. The lowest BCUT2D eigenvalue weighted by atomic mass is 9.90. The molecule has 1 aliphatic heterocycles. The normalized spacial score (nSPS) is 14.8. The molecule has 2 aliphatic rings. The number of carbonyl (C=O) groups excluding carboxylic acids is 1. The molecule has 1 fully saturated rings. The summed E-state index contributed by atoms with van der Waals surface area (Å²) in [4.78, 5) is 23.4. The Bertz CT molecular complexity index is 1270. The van der Waals surface area contributed by atoms with Crippen molar-refractivity contribution < 1.29 is 13.9 Å². The molecule has 2 aromatic carbocycles. The van der Waals surface area contributed by atoms with Crippen molar-refractivity contribution in [3.63, 3.8) is 0 Å². The van der Waals surface area contributed by atoms with Crippen molar-refractivity contribution in [3.05, 3.63) is 99.7 Å². The highest BCUT2D eigenvalue weighted by Crippen LogP contribution is 2.42. The summed E-state index contributed by atoms with van der Waals surface area (Å²) < 4.78 is 20.6. The molecule has 40 heavy (non-hydrogen) atoms. The SMILES string of the molecule is CC(C)Cn1cc(C(=O)NCCCN)ccc1=O.Cc1ccccc1.Fc1ccc2c(c1)CCC1(CCCC1)O2. The first-order valence-corrected chi connectivity index (χ1v) is 14.4. The molecule has 0 atom stereocenters. The molecule has 1 aromatic heterocycles. The number of nitrogens with one attached hydrogen (secondary N) is 1. The third-order valence-electron chi connectivity index (χ3n) is 7.13. The Morgan fingerprint density at radius 2 is 1.80 bits per heavy atom. The number of carbonyl (C=O) groups is 1. The van der Waals surface area contributed by atoms with Gasteiger partial charge in [-0.3, -0.25) is 9.59 Å². The minimum atomic E-state index is -0.166. The summed E-state index contributed by atoms with van der Waals surface area (Å²) in [6.45, 7) is 7.86. The lowest BCUT2D eigenvalue weighted by Gasteiger charge is -2.35. The van der Waals surface area contributed by atoms with Gasteiger partial charge in [0.1, 0.15) is 17.2 Å². The Hall–Kier alpha value is -3.45. The number of pyridine rings is 1. The van der Waals surface area contributed by atoms with E-state index in [9.17, 15) is 14.0 Å². The van der Waals surface area contributed by atoms with Gasteiger partial charge in [-0.25, -0.2) is 4.39 Å². The van der Waals surface area contributed by atoms with Crippen LogP contribution in [0.2, 0.25) is 0 Å². The predicted molar refractivity (Wildman–Crippen MR) is 159 cm³/mol. The highest BCUT2D eigenvalue weighted by atomic mass is 19.1. The van der Waals surface area contributed by atoms with Gasteiger partial charge in [-0.15, -0.1) is 0 Å². The van der Waals surface area contributed by atoms with E-state index in [0.717, 1.165) is 30.6 Å². The molecule has 1 spiro atoms. The largest absolute Gasteiger partial charge is 0.487 e. The molecule has 0 bridgehead atoms. The highest BCUT2D eigenvalue weighted by Gasteiger charge is 2.38. The van der Waals surface area contributed by atoms with Crippen molar-refractivity contribution in [2.75, 3.05) is 13.1 Å². The first-order valence-electron chi connectivity index (χ1n) is 14.4. The van der Waals surface area contributed by atoms with Gasteiger partial charge >= 0.3 is 0 Å². The molecule has 1 saturated carbocycles. The minimum absolute atomic E-state index is 0.0813. The topological polar surface area (TPSA) is 86.4 Å². The van der Waals surface area contributed by atoms with Crippen LogP contribution in [0.1, 0.15) is 73.9 Å². The van der Waals surface area contributed by atoms with Crippen LogP contribution in [-0.4, -0.2) is 29.2 Å². The van der Waals surface area contributed by atoms with Crippen molar-refractivity contribution in [2.24, 2.45) is 11.7 Å². The molecular formula is C33H44FN3O3. The van der Waals surface area contributed by atoms with Gasteiger partial charge in [0, 0.05) is 25.4 Å². The molecule has 1 aliphatic carbocycles. The van der Waals surface area contributed by atoms with Crippen molar-refractivity contribution >= 4 is 5.91 Å². The Morgan fingerprint density at radius 1 is 1.07 bits per heavy atom. The van der Waals surface area contributed by atoms with E-state index in [-0.39, 0.29) is 22.9 Å². The van der Waals surface area contributed by atoms with Crippen LogP contribution in [0.4, 0.5) is 4.39 Å². The molecule has 3 N–H and O–H groups in total. The Labute approximate surface area is 237 Å². The van der Waals surface area contributed by atoms with Crippen molar-refractivity contribution in [1.29, 1.82) is 0 Å². The first-order chi connectivity index (χ1) is 19.2. The average molecular weight is 550 g/mol. The standard InChI is InChI=1S/C13H15FO.C13H21N3O2.C7H8/c14-11-3-4-12-10(9-11)5-8-13(15-12)6-1-2-7-13;1-10(2)8-16-9-11(4-5-12(16)17)13(18)15-7-3-6-14;1-7-5-3-2-4-6-7/h3-4,9H,1-2,5-8H2;4-5,9-10H,3,6-8,14H2,1-2H3,(H,15,18);2-6H,1H3. The van der Waals surface area contributed by atoms with E-state index in [0.29, 0.717) is 31.1 Å². The van der Waals surface area contributed by atoms with Crippen LogP contribution in [-0.2, 0) is 13.0 Å². The Morgan fingerprint density at radius 3 is 2.42 bits per heavy atom. The maximum absolute atomic E-state index is 13.0. The van der Waals surface area contributed by atoms with Crippen LogP contribution in [0.5, 0.6) is 5.75 Å². The van der Waals surface area contributed by atoms with E-state index in [1.165, 1.54) is 43.4 Å². The molecular weight excluding hydrogens is 505 g/mol. The van der Waals surface area contributed by atoms with E-state index in [1.807, 2.05) is 32.0 Å². The zero-order chi connectivity index (χ0) is 29.0. The fraction of sp³-hybridized carbons (Fsp3) is 0.455.